The van der Waals surface area contributed by atoms with E-state index in [0.29, 0.717) is 36.5 Å². The number of thiophene rings is 2. The molecule has 0 aliphatic rings. The van der Waals surface area contributed by atoms with Gasteiger partial charge in [-0.05, 0) is 72.5 Å². The number of carbonyl (C=O) groups is 2. The molecule has 0 aliphatic heterocycles. The highest BCUT2D eigenvalue weighted by atomic mass is 32.1. The molecule has 0 bridgehead atoms. The van der Waals surface area contributed by atoms with Gasteiger partial charge in [-0.15, -0.1) is 22.7 Å². The van der Waals surface area contributed by atoms with Crippen LogP contribution in [0.4, 0.5) is 0 Å². The van der Waals surface area contributed by atoms with Crippen LogP contribution in [-0.4, -0.2) is 20.4 Å². The van der Waals surface area contributed by atoms with Gasteiger partial charge in [-0.1, -0.05) is 84.9 Å². The maximum Gasteiger partial charge on any atom is 0.263 e. The van der Waals surface area contributed by atoms with Gasteiger partial charge in [0.25, 0.3) is 11.1 Å². The Morgan fingerprint density at radius 3 is 1.33 bits per heavy atom. The number of allylic oxidation sites excluding steroid dienone is 2. The predicted octanol–water partition coefficient (Wildman–Crippen LogP) is 10.1. The standard InChI is InChI=1S/C46H30N2O4S2/c49-29(13-11-27-7-3-1-4-8-27)15-17-31-23-39-41(53-31)25-37-33-19-20-34-38-26-42-40(24-32(54-42)18-16-30(50)14-12-28-9-5-2-6-10-28)48(38)46(52)36-22-21-35(43(33)44(34)36)45(51)47(37)39/h1-14,19-26H,15-18H2/b13-11+,14-12+. The normalized spacial score (nSPS) is 12.5. The summed E-state index contributed by atoms with van der Waals surface area (Å²) in [6, 6.07) is 35.5. The molecule has 0 spiro atoms. The van der Waals surface area contributed by atoms with E-state index in [1.807, 2.05) is 84.9 Å². The molecule has 260 valence electrons. The van der Waals surface area contributed by atoms with Crippen molar-refractivity contribution in [2.75, 3.05) is 0 Å². The number of hydrogen-bond acceptors (Lipinski definition) is 6. The van der Waals surface area contributed by atoms with Gasteiger partial charge >= 0.3 is 0 Å². The number of pyridine rings is 2. The second-order valence-corrected chi connectivity index (χ2v) is 16.1. The van der Waals surface area contributed by atoms with Gasteiger partial charge in [0.15, 0.2) is 11.6 Å². The minimum atomic E-state index is -0.116. The topological polar surface area (TPSA) is 77.1 Å². The molecule has 0 fully saturated rings. The molecule has 0 radical (unpaired) electrons. The number of rotatable bonds is 10. The van der Waals surface area contributed by atoms with Gasteiger partial charge in [0.05, 0.1) is 31.5 Å². The molecule has 6 aromatic heterocycles. The first-order chi connectivity index (χ1) is 26.4. The molecule has 6 nitrogen and oxygen atoms in total. The maximum atomic E-state index is 14.3. The second-order valence-electron chi connectivity index (χ2n) is 13.8. The summed E-state index contributed by atoms with van der Waals surface area (Å²) < 4.78 is 5.57. The Balaban J connectivity index is 0.990. The molecule has 6 heterocycles. The number of nitrogens with zero attached hydrogens (tertiary/aromatic N) is 2. The van der Waals surface area contributed by atoms with E-state index in [1.165, 1.54) is 0 Å². The van der Waals surface area contributed by atoms with Crippen molar-refractivity contribution in [3.8, 4) is 0 Å². The van der Waals surface area contributed by atoms with Crippen LogP contribution in [0, 0.1) is 0 Å². The number of carbonyl (C=O) groups excluding carboxylic acids is 2. The monoisotopic (exact) mass is 738 g/mol. The number of benzene rings is 4. The first-order valence-corrected chi connectivity index (χ1v) is 19.5. The van der Waals surface area contributed by atoms with Crippen molar-refractivity contribution in [3.05, 3.63) is 163 Å². The molecule has 0 amide bonds. The van der Waals surface area contributed by atoms with Gasteiger partial charge in [0, 0.05) is 54.9 Å². The van der Waals surface area contributed by atoms with Gasteiger partial charge in [0.1, 0.15) is 0 Å². The predicted molar refractivity (Wildman–Crippen MR) is 224 cm³/mol. The zero-order chi connectivity index (χ0) is 36.5. The van der Waals surface area contributed by atoms with E-state index in [2.05, 4.69) is 24.3 Å². The lowest BCUT2D eigenvalue weighted by Crippen LogP contribution is -2.16. The van der Waals surface area contributed by atoms with Gasteiger partial charge in [0.2, 0.25) is 0 Å². The van der Waals surface area contributed by atoms with Crippen LogP contribution in [0.3, 0.4) is 0 Å². The molecule has 0 aliphatic carbocycles. The van der Waals surface area contributed by atoms with Crippen LogP contribution in [0.25, 0.3) is 75.9 Å². The van der Waals surface area contributed by atoms with E-state index in [-0.39, 0.29) is 22.7 Å². The third-order valence-electron chi connectivity index (χ3n) is 10.4. The minimum absolute atomic E-state index is 0.0617. The van der Waals surface area contributed by atoms with Crippen LogP contribution in [0.5, 0.6) is 0 Å². The highest BCUT2D eigenvalue weighted by Gasteiger charge is 2.22. The van der Waals surface area contributed by atoms with E-state index in [4.69, 9.17) is 0 Å². The lowest BCUT2D eigenvalue weighted by molar-refractivity contribution is -0.115. The summed E-state index contributed by atoms with van der Waals surface area (Å²) in [7, 11) is 0. The van der Waals surface area contributed by atoms with Crippen LogP contribution in [0.15, 0.2) is 131 Å². The summed E-state index contributed by atoms with van der Waals surface area (Å²) in [5, 5.41) is 4.64. The molecule has 0 unspecified atom stereocenters. The average molecular weight is 739 g/mol. The molecular formula is C46H30N2O4S2. The first-order valence-electron chi connectivity index (χ1n) is 17.9. The number of aromatic nitrogens is 2. The molecule has 8 heteroatoms. The number of aryl methyl sites for hydroxylation is 2. The smallest absolute Gasteiger partial charge is 0.263 e. The van der Waals surface area contributed by atoms with Crippen molar-refractivity contribution in [2.45, 2.75) is 25.7 Å². The van der Waals surface area contributed by atoms with Crippen molar-refractivity contribution in [2.24, 2.45) is 0 Å². The van der Waals surface area contributed by atoms with Crippen LogP contribution in [-0.2, 0) is 22.4 Å². The van der Waals surface area contributed by atoms with Gasteiger partial charge < -0.3 is 0 Å². The second kappa shape index (κ2) is 12.7. The largest absolute Gasteiger partial charge is 0.295 e. The highest BCUT2D eigenvalue weighted by molar-refractivity contribution is 7.19. The summed E-state index contributed by atoms with van der Waals surface area (Å²) in [4.78, 5) is 55.9. The summed E-state index contributed by atoms with van der Waals surface area (Å²) in [5.74, 6) is 0.123. The van der Waals surface area contributed by atoms with Gasteiger partial charge in [-0.25, -0.2) is 0 Å². The summed E-state index contributed by atoms with van der Waals surface area (Å²) >= 11 is 3.23. The third kappa shape index (κ3) is 5.29. The van der Waals surface area contributed by atoms with Crippen molar-refractivity contribution in [1.82, 2.24) is 8.80 Å². The fraction of sp³-hybridized carbons (Fsp3) is 0.0870. The number of fused-ring (bicyclic) bond motifs is 8. The van der Waals surface area contributed by atoms with Crippen molar-refractivity contribution in [3.63, 3.8) is 0 Å². The van der Waals surface area contributed by atoms with Crippen molar-refractivity contribution < 1.29 is 9.59 Å². The van der Waals surface area contributed by atoms with Crippen LogP contribution >= 0.6 is 22.7 Å². The van der Waals surface area contributed by atoms with Gasteiger partial charge in [-0.3, -0.25) is 28.0 Å². The summed E-state index contributed by atoms with van der Waals surface area (Å²) in [5.41, 5.74) is 5.07. The Kier molecular flexibility index (Phi) is 7.64. The molecule has 0 N–H and O–H groups in total. The van der Waals surface area contributed by atoms with Crippen LogP contribution in [0.1, 0.15) is 33.7 Å². The fourth-order valence-corrected chi connectivity index (χ4v) is 10.0. The number of hydrogen-bond donors (Lipinski definition) is 0. The molecular weight excluding hydrogens is 709 g/mol. The van der Waals surface area contributed by atoms with Gasteiger partial charge in [-0.2, -0.15) is 0 Å². The fourth-order valence-electron chi connectivity index (χ4n) is 7.85. The quantitative estimate of drug-likeness (QED) is 0.103. The molecule has 4 aromatic carbocycles. The summed E-state index contributed by atoms with van der Waals surface area (Å²) in [6.45, 7) is 0. The maximum absolute atomic E-state index is 14.3. The Bertz CT molecular complexity index is 3070. The Morgan fingerprint density at radius 2 is 0.907 bits per heavy atom. The zero-order valence-electron chi connectivity index (χ0n) is 28.9. The van der Waals surface area contributed by atoms with E-state index in [1.54, 1.807) is 55.8 Å². The summed E-state index contributed by atoms with van der Waals surface area (Å²) in [6.07, 6.45) is 8.94. The van der Waals surface area contributed by atoms with Crippen LogP contribution < -0.4 is 11.1 Å². The average Bonchev–Trinajstić information content (AvgIpc) is 3.96. The first kappa shape index (κ1) is 32.4. The SMILES string of the molecule is O=C(/C=C/c1ccccc1)CCc1cc2c(cc3c4ccc5c6c(ccc(c(=O)n23)c46)c(=O)n2c3cc(CCC(=O)/C=C/c4ccccc4)sc3cc52)s1. The molecule has 10 aromatic rings. The lowest BCUT2D eigenvalue weighted by Gasteiger charge is -2.13. The van der Waals surface area contributed by atoms with E-state index in [9.17, 15) is 19.2 Å². The molecule has 0 saturated heterocycles. The molecule has 10 rings (SSSR count). The Morgan fingerprint density at radius 1 is 0.500 bits per heavy atom. The molecule has 0 saturated carbocycles. The van der Waals surface area contributed by atoms with Crippen molar-refractivity contribution in [1.29, 1.82) is 0 Å². The zero-order valence-corrected chi connectivity index (χ0v) is 30.5. The minimum Gasteiger partial charge on any atom is -0.295 e. The van der Waals surface area contributed by atoms with E-state index >= 15 is 0 Å². The van der Waals surface area contributed by atoms with Crippen LogP contribution in [0.2, 0.25) is 0 Å². The Labute approximate surface area is 315 Å². The number of ketones is 2. The highest BCUT2D eigenvalue weighted by Crippen LogP contribution is 2.40. The third-order valence-corrected chi connectivity index (χ3v) is 12.7. The van der Waals surface area contributed by atoms with E-state index < -0.39 is 0 Å². The molecule has 54 heavy (non-hydrogen) atoms. The van der Waals surface area contributed by atoms with E-state index in [0.717, 1.165) is 73.9 Å². The lowest BCUT2D eigenvalue weighted by atomic mass is 9.95. The molecule has 0 atom stereocenters. The van der Waals surface area contributed by atoms with Crippen molar-refractivity contribution >= 4 is 110 Å². The Hall–Kier alpha value is -6.22.